The summed E-state index contributed by atoms with van der Waals surface area (Å²) in [4.78, 5) is 29.6. The van der Waals surface area contributed by atoms with Crippen LogP contribution in [-0.2, 0) is 16.1 Å². The Balaban J connectivity index is 1.31. The van der Waals surface area contributed by atoms with Gasteiger partial charge in [-0.25, -0.2) is 4.90 Å². The van der Waals surface area contributed by atoms with Crippen molar-refractivity contribution in [3.63, 3.8) is 0 Å². The summed E-state index contributed by atoms with van der Waals surface area (Å²) in [6.45, 7) is 0.686. The fraction of sp³-hybridized carbons (Fsp3) is 0.200. The highest BCUT2D eigenvalue weighted by atomic mass is 16.7. The number of nitrogens with one attached hydrogen (secondary N) is 2. The lowest BCUT2D eigenvalue weighted by atomic mass is 10.1. The first-order valence-electron chi connectivity index (χ1n) is 8.75. The molecule has 2 N–H and O–H groups in total. The normalized spacial score (nSPS) is 18.7. The second-order valence-corrected chi connectivity index (χ2v) is 6.64. The van der Waals surface area contributed by atoms with Crippen LogP contribution in [0, 0.1) is 0 Å². The Hall–Kier alpha value is -3.32. The van der Waals surface area contributed by atoms with E-state index in [0.29, 0.717) is 18.0 Å². The van der Waals surface area contributed by atoms with E-state index in [9.17, 15) is 9.59 Å². The average molecular weight is 363 g/mol. The largest absolute Gasteiger partial charge is 0.454 e. The van der Waals surface area contributed by atoms with Crippen LogP contribution in [0.25, 0.3) is 10.9 Å². The number of hydrogen-bond acceptors (Lipinski definition) is 5. The van der Waals surface area contributed by atoms with Gasteiger partial charge >= 0.3 is 0 Å². The summed E-state index contributed by atoms with van der Waals surface area (Å²) in [6.07, 6.45) is 1.98. The van der Waals surface area contributed by atoms with Crippen LogP contribution in [0.1, 0.15) is 12.0 Å². The van der Waals surface area contributed by atoms with Gasteiger partial charge in [-0.05, 0) is 41.3 Å². The lowest BCUT2D eigenvalue weighted by molar-refractivity contribution is -0.121. The van der Waals surface area contributed by atoms with Crippen molar-refractivity contribution in [3.05, 3.63) is 54.2 Å². The summed E-state index contributed by atoms with van der Waals surface area (Å²) in [5, 5.41) is 4.22. The van der Waals surface area contributed by atoms with Crippen LogP contribution >= 0.6 is 0 Å². The number of benzene rings is 2. The van der Waals surface area contributed by atoms with Gasteiger partial charge in [0.2, 0.25) is 12.7 Å². The van der Waals surface area contributed by atoms with Gasteiger partial charge in [0, 0.05) is 18.3 Å². The van der Waals surface area contributed by atoms with Gasteiger partial charge in [0.1, 0.15) is 0 Å². The van der Waals surface area contributed by atoms with Gasteiger partial charge in [0.15, 0.2) is 11.5 Å². The molecular weight excluding hydrogens is 346 g/mol. The van der Waals surface area contributed by atoms with Crippen LogP contribution in [0.3, 0.4) is 0 Å². The smallest absolute Gasteiger partial charge is 0.251 e. The number of carbonyl (C=O) groups excluding carboxylic acids is 2. The third-order valence-corrected chi connectivity index (χ3v) is 4.93. The molecule has 1 saturated heterocycles. The molecule has 3 aromatic rings. The van der Waals surface area contributed by atoms with Gasteiger partial charge in [-0.15, -0.1) is 0 Å². The quantitative estimate of drug-likeness (QED) is 0.695. The molecule has 0 spiro atoms. The van der Waals surface area contributed by atoms with Crippen LogP contribution in [-0.4, -0.2) is 29.6 Å². The molecule has 2 aliphatic heterocycles. The maximum Gasteiger partial charge on any atom is 0.251 e. The summed E-state index contributed by atoms with van der Waals surface area (Å²) >= 11 is 0. The molecule has 2 aromatic carbocycles. The Bertz CT molecular complexity index is 1060. The van der Waals surface area contributed by atoms with E-state index in [0.717, 1.165) is 22.2 Å². The Kier molecular flexibility index (Phi) is 3.61. The highest BCUT2D eigenvalue weighted by Crippen LogP contribution is 2.32. The van der Waals surface area contributed by atoms with E-state index >= 15 is 0 Å². The van der Waals surface area contributed by atoms with E-state index in [-0.39, 0.29) is 25.0 Å². The Morgan fingerprint density at radius 3 is 2.89 bits per heavy atom. The molecule has 1 fully saturated rings. The van der Waals surface area contributed by atoms with Crippen molar-refractivity contribution in [1.82, 2.24) is 10.3 Å². The number of amides is 2. The predicted molar refractivity (Wildman–Crippen MR) is 98.6 cm³/mol. The molecule has 0 saturated carbocycles. The number of rotatable bonds is 4. The number of aromatic nitrogens is 1. The highest BCUT2D eigenvalue weighted by molar-refractivity contribution is 6.22. The molecule has 2 aliphatic rings. The minimum Gasteiger partial charge on any atom is -0.454 e. The van der Waals surface area contributed by atoms with Crippen molar-refractivity contribution in [3.8, 4) is 11.5 Å². The first-order chi connectivity index (χ1) is 13.2. The third-order valence-electron chi connectivity index (χ3n) is 4.93. The summed E-state index contributed by atoms with van der Waals surface area (Å²) in [7, 11) is 0. The highest BCUT2D eigenvalue weighted by Gasteiger charge is 2.39. The minimum atomic E-state index is -0.540. The second kappa shape index (κ2) is 6.14. The second-order valence-electron chi connectivity index (χ2n) is 6.64. The van der Waals surface area contributed by atoms with Crippen molar-refractivity contribution in [2.45, 2.75) is 19.0 Å². The molecule has 3 heterocycles. The SMILES string of the molecule is O=C1CC(NCc2ccc3c(c2)OCO3)C(=O)N1c1ccc2cc[nH]c2c1. The van der Waals surface area contributed by atoms with Crippen LogP contribution in [0.15, 0.2) is 48.7 Å². The zero-order valence-electron chi connectivity index (χ0n) is 14.4. The lowest BCUT2D eigenvalue weighted by Gasteiger charge is -2.16. The van der Waals surface area contributed by atoms with Crippen LogP contribution < -0.4 is 19.7 Å². The van der Waals surface area contributed by atoms with Gasteiger partial charge in [0.05, 0.1) is 18.2 Å². The standard InChI is InChI=1S/C20H17N3O4/c24-19-9-16(22-10-12-1-4-17-18(7-12)27-11-26-17)20(25)23(19)14-3-2-13-5-6-21-15(13)8-14/h1-8,16,21-22H,9-11H2. The minimum absolute atomic E-state index is 0.145. The first kappa shape index (κ1) is 15.9. The number of fused-ring (bicyclic) bond motifs is 2. The van der Waals surface area contributed by atoms with E-state index in [1.165, 1.54) is 4.90 Å². The Morgan fingerprint density at radius 2 is 1.96 bits per heavy atom. The van der Waals surface area contributed by atoms with Gasteiger partial charge in [0.25, 0.3) is 5.91 Å². The number of H-pyrrole nitrogens is 1. The van der Waals surface area contributed by atoms with E-state index < -0.39 is 6.04 Å². The van der Waals surface area contributed by atoms with Crippen LogP contribution in [0.2, 0.25) is 0 Å². The summed E-state index contributed by atoms with van der Waals surface area (Å²) < 4.78 is 10.7. The van der Waals surface area contributed by atoms with Gasteiger partial charge in [-0.3, -0.25) is 9.59 Å². The summed E-state index contributed by atoms with van der Waals surface area (Å²) in [6, 6.07) is 12.6. The monoisotopic (exact) mass is 363 g/mol. The Labute approximate surface area is 154 Å². The maximum absolute atomic E-state index is 12.8. The summed E-state index contributed by atoms with van der Waals surface area (Å²) in [5.41, 5.74) is 2.45. The molecule has 27 heavy (non-hydrogen) atoms. The van der Waals surface area contributed by atoms with E-state index in [1.807, 2.05) is 42.6 Å². The zero-order chi connectivity index (χ0) is 18.4. The number of imide groups is 1. The van der Waals surface area contributed by atoms with E-state index in [4.69, 9.17) is 9.47 Å². The fourth-order valence-electron chi connectivity index (χ4n) is 3.53. The van der Waals surface area contributed by atoms with Crippen LogP contribution in [0.5, 0.6) is 11.5 Å². The van der Waals surface area contributed by atoms with Gasteiger partial charge in [-0.2, -0.15) is 0 Å². The number of aromatic amines is 1. The number of ether oxygens (including phenoxy) is 2. The summed E-state index contributed by atoms with van der Waals surface area (Å²) in [5.74, 6) is 0.987. The average Bonchev–Trinajstić information content (AvgIpc) is 3.38. The van der Waals surface area contributed by atoms with E-state index in [2.05, 4.69) is 10.3 Å². The number of carbonyl (C=O) groups is 2. The van der Waals surface area contributed by atoms with E-state index in [1.54, 1.807) is 6.07 Å². The molecule has 1 atom stereocenters. The van der Waals surface area contributed by atoms with Gasteiger partial charge in [-0.1, -0.05) is 12.1 Å². The molecule has 0 radical (unpaired) electrons. The predicted octanol–water partition coefficient (Wildman–Crippen LogP) is 2.32. The fourth-order valence-corrected chi connectivity index (χ4v) is 3.53. The Morgan fingerprint density at radius 1 is 1.07 bits per heavy atom. The third kappa shape index (κ3) is 2.72. The topological polar surface area (TPSA) is 83.7 Å². The molecule has 1 aromatic heterocycles. The molecule has 0 aliphatic carbocycles. The molecule has 2 amide bonds. The molecular formula is C20H17N3O4. The number of hydrogen-bond donors (Lipinski definition) is 2. The molecule has 1 unspecified atom stereocenters. The van der Waals surface area contributed by atoms with Crippen molar-refractivity contribution >= 4 is 28.4 Å². The van der Waals surface area contributed by atoms with Crippen molar-refractivity contribution < 1.29 is 19.1 Å². The van der Waals surface area contributed by atoms with Crippen molar-refractivity contribution in [2.75, 3.05) is 11.7 Å². The number of nitrogens with zero attached hydrogens (tertiary/aromatic N) is 1. The molecule has 0 bridgehead atoms. The van der Waals surface area contributed by atoms with Crippen molar-refractivity contribution in [2.24, 2.45) is 0 Å². The van der Waals surface area contributed by atoms with Gasteiger partial charge < -0.3 is 19.8 Å². The molecule has 5 rings (SSSR count). The van der Waals surface area contributed by atoms with Crippen LogP contribution in [0.4, 0.5) is 5.69 Å². The molecule has 7 nitrogen and oxygen atoms in total. The van der Waals surface area contributed by atoms with Crippen molar-refractivity contribution in [1.29, 1.82) is 0 Å². The maximum atomic E-state index is 12.8. The first-order valence-corrected chi connectivity index (χ1v) is 8.75. The molecule has 136 valence electrons. The lowest BCUT2D eigenvalue weighted by Crippen LogP contribution is -2.38. The molecule has 7 heteroatoms. The zero-order valence-corrected chi connectivity index (χ0v) is 14.4. The number of anilines is 1.